The number of ether oxygens (including phenoxy) is 1. The molecule has 1 atom stereocenters. The van der Waals surface area contributed by atoms with Crippen LogP contribution in [0.4, 0.5) is 4.39 Å². The Kier molecular flexibility index (Phi) is 4.94. The van der Waals surface area contributed by atoms with Gasteiger partial charge < -0.3 is 19.4 Å². The molecule has 29 heavy (non-hydrogen) atoms. The van der Waals surface area contributed by atoms with Crippen molar-refractivity contribution in [3.05, 3.63) is 76.8 Å². The average molecular weight is 395 g/mol. The molecule has 4 rings (SSSR count). The van der Waals surface area contributed by atoms with Crippen molar-refractivity contribution in [1.82, 2.24) is 14.5 Å². The van der Waals surface area contributed by atoms with Crippen LogP contribution in [0.3, 0.4) is 0 Å². The summed E-state index contributed by atoms with van der Waals surface area (Å²) in [5.41, 5.74) is 0.794. The van der Waals surface area contributed by atoms with Gasteiger partial charge in [-0.3, -0.25) is 4.79 Å². The van der Waals surface area contributed by atoms with Crippen LogP contribution in [-0.4, -0.2) is 38.0 Å². The van der Waals surface area contributed by atoms with Crippen LogP contribution in [0.15, 0.2) is 65.6 Å². The average Bonchev–Trinajstić information content (AvgIpc) is 3.07. The molecule has 0 radical (unpaired) electrons. The number of fused-ring (bicyclic) bond motifs is 1. The van der Waals surface area contributed by atoms with Crippen molar-refractivity contribution in [1.29, 1.82) is 0 Å². The van der Waals surface area contributed by atoms with Crippen molar-refractivity contribution in [2.75, 3.05) is 6.61 Å². The van der Waals surface area contributed by atoms with Crippen molar-refractivity contribution >= 4 is 16.6 Å². The first-order valence-corrected chi connectivity index (χ1v) is 9.40. The number of benzene rings is 1. The summed E-state index contributed by atoms with van der Waals surface area (Å²) in [5.74, 6) is -0.465. The Morgan fingerprint density at radius 3 is 2.79 bits per heavy atom. The molecule has 0 aliphatic heterocycles. The third-order valence-corrected chi connectivity index (χ3v) is 4.71. The Hall–Kier alpha value is -3.03. The molecule has 1 unspecified atom stereocenters. The van der Waals surface area contributed by atoms with E-state index in [4.69, 9.17) is 4.74 Å². The molecule has 0 saturated heterocycles. The minimum Gasteiger partial charge on any atom is -0.388 e. The summed E-state index contributed by atoms with van der Waals surface area (Å²) in [6, 6.07) is 9.47. The maximum Gasteiger partial charge on any atom is 0.260 e. The zero-order chi connectivity index (χ0) is 20.6. The summed E-state index contributed by atoms with van der Waals surface area (Å²) < 4.78 is 22.4. The van der Waals surface area contributed by atoms with Gasteiger partial charge in [0.15, 0.2) is 5.65 Å². The van der Waals surface area contributed by atoms with Crippen LogP contribution in [0.25, 0.3) is 22.3 Å². The molecular weight excluding hydrogens is 373 g/mol. The first-order valence-electron chi connectivity index (χ1n) is 9.40. The van der Waals surface area contributed by atoms with Crippen LogP contribution in [0, 0.1) is 0 Å². The third-order valence-electron chi connectivity index (χ3n) is 4.71. The van der Waals surface area contributed by atoms with Crippen LogP contribution in [0.2, 0.25) is 0 Å². The van der Waals surface area contributed by atoms with E-state index in [1.807, 2.05) is 30.3 Å². The molecule has 0 saturated carbocycles. The molecule has 0 spiro atoms. The quantitative estimate of drug-likeness (QED) is 0.693. The van der Waals surface area contributed by atoms with Crippen LogP contribution in [0.1, 0.15) is 25.8 Å². The van der Waals surface area contributed by atoms with Gasteiger partial charge in [0.2, 0.25) is 0 Å². The van der Waals surface area contributed by atoms with Gasteiger partial charge >= 0.3 is 0 Å². The summed E-state index contributed by atoms with van der Waals surface area (Å²) in [4.78, 5) is 19.4. The number of rotatable bonds is 5. The topological polar surface area (TPSA) is 80.1 Å². The van der Waals surface area contributed by atoms with Gasteiger partial charge in [-0.05, 0) is 38.5 Å². The Balaban J connectivity index is 1.75. The van der Waals surface area contributed by atoms with E-state index in [-0.39, 0.29) is 12.2 Å². The molecule has 2 aromatic heterocycles. The highest BCUT2D eigenvalue weighted by Crippen LogP contribution is 2.34. The number of nitrogens with zero attached hydrogens (tertiary/aromatic N) is 2. The molecule has 7 heteroatoms. The van der Waals surface area contributed by atoms with E-state index in [1.165, 1.54) is 12.4 Å². The number of para-hydroxylation sites is 1. The number of hydrogen-bond donors (Lipinski definition) is 2. The van der Waals surface area contributed by atoms with Crippen molar-refractivity contribution in [3.63, 3.8) is 0 Å². The standard InChI is InChI=1S/C22H22FN3O3/c1-22(2,28)12-29-15-8-9-16(18(23)10-15)17-11-26(14-6-4-3-5-7-14)20-19(17)21(27)25-13-24-20/h3-7,9-11,13,15,28H,8,12H2,1-2H3,(H,24,25,27). The first-order chi connectivity index (χ1) is 13.8. The lowest BCUT2D eigenvalue weighted by Crippen LogP contribution is -2.29. The van der Waals surface area contributed by atoms with E-state index >= 15 is 0 Å². The van der Waals surface area contributed by atoms with Crippen LogP contribution < -0.4 is 5.56 Å². The zero-order valence-corrected chi connectivity index (χ0v) is 16.2. The smallest absolute Gasteiger partial charge is 0.260 e. The fourth-order valence-electron chi connectivity index (χ4n) is 3.38. The minimum atomic E-state index is -0.990. The predicted molar refractivity (Wildman–Crippen MR) is 110 cm³/mol. The molecule has 1 aliphatic carbocycles. The van der Waals surface area contributed by atoms with E-state index in [9.17, 15) is 14.3 Å². The van der Waals surface area contributed by atoms with Crippen molar-refractivity contribution in [2.45, 2.75) is 32.0 Å². The number of aliphatic hydroxyl groups is 1. The highest BCUT2D eigenvalue weighted by Gasteiger charge is 2.24. The fourth-order valence-corrected chi connectivity index (χ4v) is 3.38. The number of nitrogens with one attached hydrogen (secondary N) is 1. The summed E-state index contributed by atoms with van der Waals surface area (Å²) in [6.07, 6.45) is 6.16. The lowest BCUT2D eigenvalue weighted by Gasteiger charge is -2.23. The number of hydrogen-bond acceptors (Lipinski definition) is 4. The Bertz CT molecular complexity index is 1150. The van der Waals surface area contributed by atoms with Gasteiger partial charge in [0.05, 0.1) is 30.0 Å². The Labute approximate surface area is 167 Å². The molecule has 1 aliphatic rings. The number of H-pyrrole nitrogens is 1. The third kappa shape index (κ3) is 3.92. The van der Waals surface area contributed by atoms with E-state index < -0.39 is 17.5 Å². The molecule has 2 N–H and O–H groups in total. The normalized spacial score (nSPS) is 17.3. The maximum absolute atomic E-state index is 15.0. The number of aromatic nitrogens is 3. The second-order valence-electron chi connectivity index (χ2n) is 7.71. The van der Waals surface area contributed by atoms with E-state index in [1.54, 1.807) is 30.7 Å². The first kappa shape index (κ1) is 19.3. The van der Waals surface area contributed by atoms with Crippen LogP contribution in [0.5, 0.6) is 0 Å². The fraction of sp³-hybridized carbons (Fsp3) is 0.273. The molecule has 3 aromatic rings. The van der Waals surface area contributed by atoms with Gasteiger partial charge in [0.1, 0.15) is 5.83 Å². The van der Waals surface area contributed by atoms with Gasteiger partial charge in [-0.25, -0.2) is 9.37 Å². The SMILES string of the molecule is CC(C)(O)COC1C=C(F)C(c2cn(-c3ccccc3)c3nc[nH]c(=O)c23)=CC1. The second kappa shape index (κ2) is 7.42. The largest absolute Gasteiger partial charge is 0.388 e. The van der Waals surface area contributed by atoms with Crippen LogP contribution in [-0.2, 0) is 4.74 Å². The van der Waals surface area contributed by atoms with E-state index in [0.29, 0.717) is 28.6 Å². The summed E-state index contributed by atoms with van der Waals surface area (Å²) >= 11 is 0. The van der Waals surface area contributed by atoms with Gasteiger partial charge in [-0.1, -0.05) is 24.3 Å². The predicted octanol–water partition coefficient (Wildman–Crippen LogP) is 3.51. The highest BCUT2D eigenvalue weighted by atomic mass is 19.1. The molecule has 0 bridgehead atoms. The molecule has 6 nitrogen and oxygen atoms in total. The molecule has 0 amide bonds. The number of allylic oxidation sites excluding steroid dienone is 2. The van der Waals surface area contributed by atoms with Gasteiger partial charge in [-0.15, -0.1) is 0 Å². The summed E-state index contributed by atoms with van der Waals surface area (Å²) in [7, 11) is 0. The zero-order valence-electron chi connectivity index (χ0n) is 16.2. The molecule has 2 heterocycles. The summed E-state index contributed by atoms with van der Waals surface area (Å²) in [5, 5.41) is 10.1. The minimum absolute atomic E-state index is 0.0987. The molecule has 0 fully saturated rings. The van der Waals surface area contributed by atoms with E-state index in [2.05, 4.69) is 9.97 Å². The van der Waals surface area contributed by atoms with Crippen LogP contribution >= 0.6 is 0 Å². The Morgan fingerprint density at radius 1 is 1.34 bits per heavy atom. The highest BCUT2D eigenvalue weighted by molar-refractivity contribution is 5.95. The lowest BCUT2D eigenvalue weighted by atomic mass is 9.97. The van der Waals surface area contributed by atoms with Crippen molar-refractivity contribution in [2.24, 2.45) is 0 Å². The molecule has 150 valence electrons. The Morgan fingerprint density at radius 2 is 2.10 bits per heavy atom. The maximum atomic E-state index is 15.0. The molecule has 1 aromatic carbocycles. The second-order valence-corrected chi connectivity index (χ2v) is 7.71. The monoisotopic (exact) mass is 395 g/mol. The lowest BCUT2D eigenvalue weighted by molar-refractivity contribution is -0.0393. The van der Waals surface area contributed by atoms with Crippen molar-refractivity contribution < 1.29 is 14.2 Å². The van der Waals surface area contributed by atoms with Gasteiger partial charge in [0.25, 0.3) is 5.56 Å². The number of aromatic amines is 1. The van der Waals surface area contributed by atoms with E-state index in [0.717, 1.165) is 5.69 Å². The van der Waals surface area contributed by atoms with Gasteiger partial charge in [0, 0.05) is 23.0 Å². The number of halogens is 1. The molecular formula is C22H22FN3O3. The van der Waals surface area contributed by atoms with Crippen molar-refractivity contribution in [3.8, 4) is 5.69 Å². The summed E-state index contributed by atoms with van der Waals surface area (Å²) in [6.45, 7) is 3.37. The van der Waals surface area contributed by atoms with Gasteiger partial charge in [-0.2, -0.15) is 0 Å².